The Balaban J connectivity index is 2.30. The lowest BCUT2D eigenvalue weighted by molar-refractivity contribution is 0.0987. The zero-order valence-corrected chi connectivity index (χ0v) is 10.6. The molecule has 0 aliphatic carbocycles. The number of carbonyl (C=O) groups is 1. The van der Waals surface area contributed by atoms with Crippen LogP contribution in [0, 0.1) is 17.5 Å². The summed E-state index contributed by atoms with van der Waals surface area (Å²) in [6.07, 6.45) is -0.372. The number of benzene rings is 2. The van der Waals surface area contributed by atoms with E-state index in [4.69, 9.17) is 4.74 Å². The first-order valence-electron chi connectivity index (χ1n) is 5.82. The molecule has 2 aromatic rings. The molecule has 0 saturated heterocycles. The van der Waals surface area contributed by atoms with E-state index < -0.39 is 28.8 Å². The van der Waals surface area contributed by atoms with Crippen molar-refractivity contribution in [3.05, 3.63) is 65.0 Å². The zero-order valence-electron chi connectivity index (χ0n) is 10.6. The molecular formula is C15H11F3O2. The fraction of sp³-hybridized carbons (Fsp3) is 0.133. The molecule has 20 heavy (non-hydrogen) atoms. The second-order valence-electron chi connectivity index (χ2n) is 4.16. The minimum Gasteiger partial charge on any atom is -0.494 e. The van der Waals surface area contributed by atoms with E-state index in [0.717, 1.165) is 18.2 Å². The molecule has 0 aliphatic rings. The summed E-state index contributed by atoms with van der Waals surface area (Å²) in [5.41, 5.74) is -0.328. The summed E-state index contributed by atoms with van der Waals surface area (Å²) in [6.45, 7) is 0. The quantitative estimate of drug-likeness (QED) is 0.801. The largest absolute Gasteiger partial charge is 0.494 e. The van der Waals surface area contributed by atoms with E-state index in [1.807, 2.05) is 0 Å². The first-order chi connectivity index (χ1) is 9.52. The van der Waals surface area contributed by atoms with Gasteiger partial charge in [0.25, 0.3) is 0 Å². The van der Waals surface area contributed by atoms with Crippen LogP contribution in [0.25, 0.3) is 0 Å². The molecule has 0 heterocycles. The van der Waals surface area contributed by atoms with Crippen molar-refractivity contribution in [2.24, 2.45) is 0 Å². The van der Waals surface area contributed by atoms with Gasteiger partial charge in [0, 0.05) is 6.42 Å². The summed E-state index contributed by atoms with van der Waals surface area (Å²) >= 11 is 0. The van der Waals surface area contributed by atoms with Gasteiger partial charge in [-0.05, 0) is 29.8 Å². The maximum atomic E-state index is 13.9. The number of Topliss-reactive ketones (excluding diaryl/α,β-unsaturated/α-hetero) is 1. The molecule has 0 bridgehead atoms. The number of methoxy groups -OCH3 is 1. The number of ketones is 1. The second kappa shape index (κ2) is 5.77. The summed E-state index contributed by atoms with van der Waals surface area (Å²) in [5, 5.41) is 0. The Morgan fingerprint density at radius 1 is 1.15 bits per heavy atom. The van der Waals surface area contributed by atoms with Crippen LogP contribution in [0.1, 0.15) is 15.9 Å². The molecule has 0 aliphatic heterocycles. The Morgan fingerprint density at radius 2 is 1.90 bits per heavy atom. The number of hydrogen-bond acceptors (Lipinski definition) is 2. The molecule has 0 radical (unpaired) electrons. The molecular weight excluding hydrogens is 269 g/mol. The highest BCUT2D eigenvalue weighted by Crippen LogP contribution is 2.22. The molecule has 0 aromatic heterocycles. The van der Waals surface area contributed by atoms with Gasteiger partial charge in [-0.15, -0.1) is 0 Å². The van der Waals surface area contributed by atoms with Gasteiger partial charge in [0.15, 0.2) is 17.3 Å². The van der Waals surface area contributed by atoms with E-state index in [0.29, 0.717) is 0 Å². The molecule has 0 unspecified atom stereocenters. The maximum absolute atomic E-state index is 13.9. The molecule has 5 heteroatoms. The number of carbonyl (C=O) groups excluding carboxylic acids is 1. The van der Waals surface area contributed by atoms with Crippen molar-refractivity contribution in [3.8, 4) is 5.75 Å². The number of rotatable bonds is 4. The van der Waals surface area contributed by atoms with Gasteiger partial charge in [-0.3, -0.25) is 4.79 Å². The molecule has 104 valence electrons. The van der Waals surface area contributed by atoms with Gasteiger partial charge in [-0.2, -0.15) is 0 Å². The predicted octanol–water partition coefficient (Wildman–Crippen LogP) is 3.54. The van der Waals surface area contributed by atoms with Crippen LogP contribution in [-0.2, 0) is 6.42 Å². The summed E-state index contributed by atoms with van der Waals surface area (Å²) < 4.78 is 45.2. The topological polar surface area (TPSA) is 26.3 Å². The first kappa shape index (κ1) is 14.1. The van der Waals surface area contributed by atoms with E-state index in [9.17, 15) is 18.0 Å². The van der Waals surface area contributed by atoms with Crippen LogP contribution in [-0.4, -0.2) is 12.9 Å². The van der Waals surface area contributed by atoms with Crippen LogP contribution < -0.4 is 4.74 Å². The number of ether oxygens (including phenoxy) is 1. The fourth-order valence-corrected chi connectivity index (χ4v) is 1.83. The van der Waals surface area contributed by atoms with Crippen molar-refractivity contribution in [1.82, 2.24) is 0 Å². The predicted molar refractivity (Wildman–Crippen MR) is 67.3 cm³/mol. The summed E-state index contributed by atoms with van der Waals surface area (Å²) in [7, 11) is 1.30. The van der Waals surface area contributed by atoms with Gasteiger partial charge in [0.05, 0.1) is 12.7 Å². The molecule has 0 N–H and O–H groups in total. The Labute approximate surface area is 113 Å². The number of halogens is 3. The minimum atomic E-state index is -0.834. The highest BCUT2D eigenvalue weighted by Gasteiger charge is 2.17. The van der Waals surface area contributed by atoms with Gasteiger partial charge >= 0.3 is 0 Å². The zero-order chi connectivity index (χ0) is 14.7. The average molecular weight is 280 g/mol. The molecule has 0 amide bonds. The lowest BCUT2D eigenvalue weighted by Gasteiger charge is -2.07. The molecule has 0 fully saturated rings. The highest BCUT2D eigenvalue weighted by atomic mass is 19.1. The van der Waals surface area contributed by atoms with E-state index in [1.165, 1.54) is 25.3 Å². The maximum Gasteiger partial charge on any atom is 0.170 e. The van der Waals surface area contributed by atoms with Crippen molar-refractivity contribution in [2.45, 2.75) is 6.42 Å². The van der Waals surface area contributed by atoms with E-state index in [-0.39, 0.29) is 17.7 Å². The van der Waals surface area contributed by atoms with Gasteiger partial charge < -0.3 is 4.74 Å². The summed E-state index contributed by atoms with van der Waals surface area (Å²) in [6, 6.07) is 6.91. The van der Waals surface area contributed by atoms with E-state index in [2.05, 4.69) is 0 Å². The van der Waals surface area contributed by atoms with Gasteiger partial charge in [-0.25, -0.2) is 13.2 Å². The van der Waals surface area contributed by atoms with Crippen LogP contribution in [0.5, 0.6) is 5.75 Å². The van der Waals surface area contributed by atoms with Gasteiger partial charge in [0.1, 0.15) is 11.6 Å². The average Bonchev–Trinajstić information content (AvgIpc) is 2.43. The Kier molecular flexibility index (Phi) is 4.08. The van der Waals surface area contributed by atoms with E-state index in [1.54, 1.807) is 0 Å². The van der Waals surface area contributed by atoms with Gasteiger partial charge in [0.2, 0.25) is 0 Å². The van der Waals surface area contributed by atoms with Crippen LogP contribution in [0.15, 0.2) is 36.4 Å². The second-order valence-corrected chi connectivity index (χ2v) is 4.16. The lowest BCUT2D eigenvalue weighted by atomic mass is 10.0. The number of hydrogen-bond donors (Lipinski definition) is 0. The van der Waals surface area contributed by atoms with Crippen molar-refractivity contribution in [2.75, 3.05) is 7.11 Å². The van der Waals surface area contributed by atoms with Crippen molar-refractivity contribution in [3.63, 3.8) is 0 Å². The third-order valence-electron chi connectivity index (χ3n) is 2.84. The molecule has 0 spiro atoms. The van der Waals surface area contributed by atoms with Crippen LogP contribution in [0.3, 0.4) is 0 Å². The lowest BCUT2D eigenvalue weighted by Crippen LogP contribution is -2.08. The van der Waals surface area contributed by atoms with Crippen molar-refractivity contribution >= 4 is 5.78 Å². The summed E-state index contributed by atoms with van der Waals surface area (Å²) in [5.74, 6) is -2.94. The van der Waals surface area contributed by atoms with Gasteiger partial charge in [-0.1, -0.05) is 12.1 Å². The monoisotopic (exact) mass is 280 g/mol. The first-order valence-corrected chi connectivity index (χ1v) is 5.82. The van der Waals surface area contributed by atoms with Crippen molar-refractivity contribution < 1.29 is 22.7 Å². The molecule has 2 nitrogen and oxygen atoms in total. The van der Waals surface area contributed by atoms with Crippen LogP contribution in [0.4, 0.5) is 13.2 Å². The Hall–Kier alpha value is -2.30. The SMILES string of the molecule is COc1cccc(CC(=O)c2cc(F)ccc2F)c1F. The Morgan fingerprint density at radius 3 is 2.60 bits per heavy atom. The fourth-order valence-electron chi connectivity index (χ4n) is 1.83. The van der Waals surface area contributed by atoms with Crippen molar-refractivity contribution in [1.29, 1.82) is 0 Å². The molecule has 0 atom stereocenters. The molecule has 2 rings (SSSR count). The standard InChI is InChI=1S/C15H11F3O2/c1-20-14-4-2-3-9(15(14)18)7-13(19)11-8-10(16)5-6-12(11)17/h2-6,8H,7H2,1H3. The smallest absolute Gasteiger partial charge is 0.170 e. The molecule has 0 saturated carbocycles. The van der Waals surface area contributed by atoms with E-state index >= 15 is 0 Å². The molecule has 2 aromatic carbocycles. The van der Waals surface area contributed by atoms with Crippen LogP contribution >= 0.6 is 0 Å². The highest BCUT2D eigenvalue weighted by molar-refractivity contribution is 5.97. The normalized spacial score (nSPS) is 10.4. The third-order valence-corrected chi connectivity index (χ3v) is 2.84. The third kappa shape index (κ3) is 2.82. The minimum absolute atomic E-state index is 0.00462. The van der Waals surface area contributed by atoms with Crippen LogP contribution in [0.2, 0.25) is 0 Å². The Bertz CT molecular complexity index is 654. The summed E-state index contributed by atoms with van der Waals surface area (Å²) in [4.78, 5) is 11.9.